The lowest BCUT2D eigenvalue weighted by molar-refractivity contribution is 0.0774. The smallest absolute Gasteiger partial charge is 0.0616 e. The Balaban J connectivity index is 2.09. The van der Waals surface area contributed by atoms with Gasteiger partial charge in [-0.05, 0) is 43.9 Å². The third-order valence-electron chi connectivity index (χ3n) is 4.23. The van der Waals surface area contributed by atoms with E-state index in [1.54, 1.807) is 0 Å². The number of hydrogen-bond acceptors (Lipinski definition) is 2. The topological polar surface area (TPSA) is 21.3 Å². The quantitative estimate of drug-likeness (QED) is 0.804. The second-order valence-electron chi connectivity index (χ2n) is 5.63. The molecule has 1 aromatic carbocycles. The lowest BCUT2D eigenvalue weighted by Crippen LogP contribution is -2.42. The van der Waals surface area contributed by atoms with Gasteiger partial charge in [0.15, 0.2) is 0 Å². The van der Waals surface area contributed by atoms with E-state index in [-0.39, 0.29) is 0 Å². The molecule has 1 aliphatic rings. The molecule has 1 heterocycles. The second kappa shape index (κ2) is 8.16. The van der Waals surface area contributed by atoms with E-state index in [1.807, 2.05) is 0 Å². The molecule has 0 amide bonds. The first-order valence-corrected chi connectivity index (χ1v) is 8.64. The van der Waals surface area contributed by atoms with Crippen LogP contribution < -0.4 is 5.32 Å². The van der Waals surface area contributed by atoms with Crippen molar-refractivity contribution in [2.24, 2.45) is 5.92 Å². The van der Waals surface area contributed by atoms with Gasteiger partial charge in [0.25, 0.3) is 0 Å². The van der Waals surface area contributed by atoms with E-state index < -0.39 is 0 Å². The lowest BCUT2D eigenvalue weighted by atomic mass is 9.87. The normalized spacial score (nSPS) is 23.9. The summed E-state index contributed by atoms with van der Waals surface area (Å²) in [5.41, 5.74) is 1.39. The minimum Gasteiger partial charge on any atom is -0.378 e. The van der Waals surface area contributed by atoms with Crippen molar-refractivity contribution >= 4 is 15.9 Å². The first-order chi connectivity index (χ1) is 9.76. The Labute approximate surface area is 131 Å². The maximum absolute atomic E-state index is 5.89. The first kappa shape index (κ1) is 16.0. The Kier molecular flexibility index (Phi) is 6.53. The molecular weight excluding hydrogens is 314 g/mol. The van der Waals surface area contributed by atoms with E-state index in [4.69, 9.17) is 4.74 Å². The summed E-state index contributed by atoms with van der Waals surface area (Å²) in [6.07, 6.45) is 4.98. The largest absolute Gasteiger partial charge is 0.378 e. The highest BCUT2D eigenvalue weighted by Gasteiger charge is 2.33. The molecule has 1 N–H and O–H groups in total. The van der Waals surface area contributed by atoms with E-state index in [2.05, 4.69) is 59.4 Å². The predicted molar refractivity (Wildman–Crippen MR) is 88.1 cm³/mol. The van der Waals surface area contributed by atoms with Gasteiger partial charge in [0.1, 0.15) is 0 Å². The Morgan fingerprint density at radius 2 is 2.15 bits per heavy atom. The summed E-state index contributed by atoms with van der Waals surface area (Å²) in [6.45, 7) is 6.47. The third kappa shape index (κ3) is 4.06. The summed E-state index contributed by atoms with van der Waals surface area (Å²) in [6, 6.07) is 9.08. The minimum absolute atomic E-state index is 0.423. The molecule has 1 aromatic rings. The summed E-state index contributed by atoms with van der Waals surface area (Å²) in [5, 5.41) is 3.75. The maximum Gasteiger partial charge on any atom is 0.0616 e. The monoisotopic (exact) mass is 339 g/mol. The van der Waals surface area contributed by atoms with E-state index in [0.717, 1.165) is 26.0 Å². The van der Waals surface area contributed by atoms with E-state index in [9.17, 15) is 0 Å². The maximum atomic E-state index is 5.89. The Bertz CT molecular complexity index is 410. The van der Waals surface area contributed by atoms with Crippen LogP contribution in [0.1, 0.15) is 38.7 Å². The molecule has 0 aromatic heterocycles. The van der Waals surface area contributed by atoms with Crippen LogP contribution in [-0.4, -0.2) is 25.3 Å². The number of nitrogens with one attached hydrogen (secondary N) is 1. The van der Waals surface area contributed by atoms with Gasteiger partial charge in [0.05, 0.1) is 6.10 Å². The van der Waals surface area contributed by atoms with Crippen molar-refractivity contribution < 1.29 is 4.74 Å². The van der Waals surface area contributed by atoms with Crippen molar-refractivity contribution in [3.63, 3.8) is 0 Å². The van der Waals surface area contributed by atoms with Crippen molar-refractivity contribution in [1.29, 1.82) is 0 Å². The van der Waals surface area contributed by atoms with Crippen LogP contribution in [0.3, 0.4) is 0 Å². The zero-order valence-electron chi connectivity index (χ0n) is 12.6. The third-order valence-corrected chi connectivity index (χ3v) is 5.01. The minimum atomic E-state index is 0.423. The average Bonchev–Trinajstić information content (AvgIpc) is 2.93. The van der Waals surface area contributed by atoms with Gasteiger partial charge >= 0.3 is 0 Å². The van der Waals surface area contributed by atoms with E-state index in [1.165, 1.54) is 22.9 Å². The highest BCUT2D eigenvalue weighted by atomic mass is 79.9. The van der Waals surface area contributed by atoms with Crippen LogP contribution in [0.4, 0.5) is 0 Å². The van der Waals surface area contributed by atoms with Crippen molar-refractivity contribution in [2.45, 2.75) is 51.7 Å². The highest BCUT2D eigenvalue weighted by Crippen LogP contribution is 2.29. The molecule has 0 aliphatic carbocycles. The Morgan fingerprint density at radius 3 is 2.85 bits per heavy atom. The molecule has 1 saturated heterocycles. The molecule has 112 valence electrons. The second-order valence-corrected chi connectivity index (χ2v) is 6.48. The molecule has 2 nitrogen and oxygen atoms in total. The van der Waals surface area contributed by atoms with Crippen molar-refractivity contribution in [3.8, 4) is 0 Å². The molecule has 3 heteroatoms. The molecule has 2 rings (SSSR count). The SMILES string of the molecule is CCCNC(Cc1ccccc1Br)C1CCOC1CC. The summed E-state index contributed by atoms with van der Waals surface area (Å²) in [7, 11) is 0. The molecule has 0 spiro atoms. The lowest BCUT2D eigenvalue weighted by Gasteiger charge is -2.28. The summed E-state index contributed by atoms with van der Waals surface area (Å²) < 4.78 is 7.11. The van der Waals surface area contributed by atoms with Gasteiger partial charge in [-0.15, -0.1) is 0 Å². The van der Waals surface area contributed by atoms with Crippen LogP contribution in [0, 0.1) is 5.92 Å². The highest BCUT2D eigenvalue weighted by molar-refractivity contribution is 9.10. The van der Waals surface area contributed by atoms with Crippen molar-refractivity contribution in [3.05, 3.63) is 34.3 Å². The van der Waals surface area contributed by atoms with Gasteiger partial charge in [0.2, 0.25) is 0 Å². The molecule has 3 atom stereocenters. The van der Waals surface area contributed by atoms with Crippen molar-refractivity contribution in [2.75, 3.05) is 13.2 Å². The fourth-order valence-corrected chi connectivity index (χ4v) is 3.60. The Morgan fingerprint density at radius 1 is 1.35 bits per heavy atom. The van der Waals surface area contributed by atoms with Crippen LogP contribution in [0.5, 0.6) is 0 Å². The van der Waals surface area contributed by atoms with Crippen LogP contribution in [0.2, 0.25) is 0 Å². The molecule has 1 fully saturated rings. The van der Waals surface area contributed by atoms with Crippen LogP contribution in [-0.2, 0) is 11.2 Å². The standard InChI is InChI=1S/C17H26BrNO/c1-3-10-19-16(14-9-11-20-17(14)4-2)12-13-7-5-6-8-15(13)18/h5-8,14,16-17,19H,3-4,9-12H2,1-2H3. The number of rotatable bonds is 7. The van der Waals surface area contributed by atoms with E-state index >= 15 is 0 Å². The average molecular weight is 340 g/mol. The molecule has 3 unspecified atom stereocenters. The van der Waals surface area contributed by atoms with Crippen LogP contribution >= 0.6 is 15.9 Å². The van der Waals surface area contributed by atoms with Crippen molar-refractivity contribution in [1.82, 2.24) is 5.32 Å². The fraction of sp³-hybridized carbons (Fsp3) is 0.647. The zero-order valence-corrected chi connectivity index (χ0v) is 14.2. The zero-order chi connectivity index (χ0) is 14.4. The van der Waals surface area contributed by atoms with Gasteiger partial charge < -0.3 is 10.1 Å². The molecular formula is C17H26BrNO. The number of hydrogen-bond donors (Lipinski definition) is 1. The molecule has 1 aliphatic heterocycles. The molecule has 20 heavy (non-hydrogen) atoms. The number of ether oxygens (including phenoxy) is 1. The molecule has 0 bridgehead atoms. The fourth-order valence-electron chi connectivity index (χ4n) is 3.15. The summed E-state index contributed by atoms with van der Waals surface area (Å²) >= 11 is 3.67. The van der Waals surface area contributed by atoms with Crippen LogP contribution in [0.25, 0.3) is 0 Å². The molecule has 0 saturated carbocycles. The van der Waals surface area contributed by atoms with Gasteiger partial charge in [-0.25, -0.2) is 0 Å². The van der Waals surface area contributed by atoms with Gasteiger partial charge in [-0.3, -0.25) is 0 Å². The predicted octanol–water partition coefficient (Wildman–Crippen LogP) is 4.17. The Hall–Kier alpha value is -0.380. The summed E-state index contributed by atoms with van der Waals surface area (Å²) in [4.78, 5) is 0. The first-order valence-electron chi connectivity index (χ1n) is 7.84. The number of halogens is 1. The van der Waals surface area contributed by atoms with Gasteiger partial charge in [0, 0.05) is 23.0 Å². The summed E-state index contributed by atoms with van der Waals surface area (Å²) in [5.74, 6) is 0.638. The van der Waals surface area contributed by atoms with E-state index in [0.29, 0.717) is 18.1 Å². The van der Waals surface area contributed by atoms with Crippen LogP contribution in [0.15, 0.2) is 28.7 Å². The van der Waals surface area contributed by atoms with Gasteiger partial charge in [-0.2, -0.15) is 0 Å². The number of benzene rings is 1. The van der Waals surface area contributed by atoms with Gasteiger partial charge in [-0.1, -0.05) is 48.0 Å². The molecule has 0 radical (unpaired) electrons.